The van der Waals surface area contributed by atoms with Crippen LogP contribution in [0.3, 0.4) is 0 Å². The number of carbonyl (C=O) groups excluding carboxylic acids is 1. The fourth-order valence-electron chi connectivity index (χ4n) is 2.55. The zero-order valence-electron chi connectivity index (χ0n) is 15.1. The van der Waals surface area contributed by atoms with E-state index in [2.05, 4.69) is 20.6 Å². The SMILES string of the molecule is CNc1nccc(N2CCC[C@H]2C(=O)NC(=N)/C=C(\O)C(C)(C)C)n1. The van der Waals surface area contributed by atoms with Gasteiger partial charge in [0.15, 0.2) is 0 Å². The molecule has 0 spiro atoms. The molecule has 2 rings (SSSR count). The summed E-state index contributed by atoms with van der Waals surface area (Å²) in [4.78, 5) is 22.9. The molecule has 1 aliphatic heterocycles. The number of amides is 1. The Kier molecular flexibility index (Phi) is 5.61. The first-order valence-electron chi connectivity index (χ1n) is 8.30. The van der Waals surface area contributed by atoms with Crippen molar-refractivity contribution in [1.82, 2.24) is 15.3 Å². The first kappa shape index (κ1) is 18.7. The minimum absolute atomic E-state index is 0.0514. The number of nitrogens with zero attached hydrogens (tertiary/aromatic N) is 3. The van der Waals surface area contributed by atoms with E-state index >= 15 is 0 Å². The number of hydrogen-bond donors (Lipinski definition) is 4. The molecular weight excluding hydrogens is 320 g/mol. The van der Waals surface area contributed by atoms with E-state index in [1.807, 2.05) is 25.7 Å². The van der Waals surface area contributed by atoms with Crippen LogP contribution >= 0.6 is 0 Å². The summed E-state index contributed by atoms with van der Waals surface area (Å²) in [5.41, 5.74) is -0.471. The standard InChI is InChI=1S/C17H26N6O2/c1-17(2,3)12(24)10-13(18)21-15(25)11-6-5-9-23(11)14-7-8-20-16(19-4)22-14/h7-8,10-11,24H,5-6,9H2,1-4H3,(H2,18,21,25)(H,19,20,22)/b12-10-/t11-/m0/s1. The van der Waals surface area contributed by atoms with Crippen LogP contribution in [0.15, 0.2) is 24.1 Å². The maximum atomic E-state index is 12.6. The van der Waals surface area contributed by atoms with Gasteiger partial charge in [-0.1, -0.05) is 20.8 Å². The summed E-state index contributed by atoms with van der Waals surface area (Å²) in [6.45, 7) is 6.22. The molecule has 0 unspecified atom stereocenters. The van der Waals surface area contributed by atoms with Gasteiger partial charge in [-0.3, -0.25) is 10.2 Å². The molecule has 1 amide bonds. The topological polar surface area (TPSA) is 114 Å². The molecule has 8 heteroatoms. The minimum Gasteiger partial charge on any atom is -0.512 e. The Balaban J connectivity index is 2.09. The Morgan fingerprint density at radius 3 is 2.84 bits per heavy atom. The molecule has 1 saturated heterocycles. The zero-order valence-corrected chi connectivity index (χ0v) is 15.1. The Hall–Kier alpha value is -2.64. The summed E-state index contributed by atoms with van der Waals surface area (Å²) in [5, 5.41) is 23.3. The highest BCUT2D eigenvalue weighted by molar-refractivity contribution is 6.05. The van der Waals surface area contributed by atoms with E-state index in [9.17, 15) is 9.90 Å². The van der Waals surface area contributed by atoms with Gasteiger partial charge < -0.3 is 20.6 Å². The van der Waals surface area contributed by atoms with Gasteiger partial charge in [0.25, 0.3) is 0 Å². The van der Waals surface area contributed by atoms with E-state index in [1.54, 1.807) is 19.3 Å². The fraction of sp³-hybridized carbons (Fsp3) is 0.529. The highest BCUT2D eigenvalue weighted by Gasteiger charge is 2.32. The van der Waals surface area contributed by atoms with Crippen molar-refractivity contribution in [1.29, 1.82) is 5.41 Å². The van der Waals surface area contributed by atoms with Gasteiger partial charge in [-0.25, -0.2) is 4.98 Å². The maximum absolute atomic E-state index is 12.6. The number of rotatable bonds is 4. The summed E-state index contributed by atoms with van der Waals surface area (Å²) in [7, 11) is 1.74. The minimum atomic E-state index is -0.471. The molecule has 0 radical (unpaired) electrons. The van der Waals surface area contributed by atoms with Crippen LogP contribution in [0.5, 0.6) is 0 Å². The van der Waals surface area contributed by atoms with Gasteiger partial charge in [0, 0.05) is 31.3 Å². The lowest BCUT2D eigenvalue weighted by atomic mass is 9.93. The molecule has 1 aromatic heterocycles. The van der Waals surface area contributed by atoms with E-state index in [4.69, 9.17) is 5.41 Å². The van der Waals surface area contributed by atoms with Crippen LogP contribution in [-0.2, 0) is 4.79 Å². The number of aliphatic hydroxyl groups excluding tert-OH is 1. The van der Waals surface area contributed by atoms with Gasteiger partial charge in [-0.05, 0) is 18.9 Å². The average Bonchev–Trinajstić information content (AvgIpc) is 3.03. The van der Waals surface area contributed by atoms with Crippen LogP contribution in [0.2, 0.25) is 0 Å². The van der Waals surface area contributed by atoms with Crippen LogP contribution in [0.4, 0.5) is 11.8 Å². The lowest BCUT2D eigenvalue weighted by Crippen LogP contribution is -2.45. The summed E-state index contributed by atoms with van der Waals surface area (Å²) >= 11 is 0. The zero-order chi connectivity index (χ0) is 18.6. The number of anilines is 2. The predicted molar refractivity (Wildman–Crippen MR) is 98.0 cm³/mol. The normalized spacial score (nSPS) is 18.2. The Labute approximate surface area is 147 Å². The third-order valence-electron chi connectivity index (χ3n) is 4.02. The molecule has 4 N–H and O–H groups in total. The second-order valence-corrected chi connectivity index (χ2v) is 7.02. The molecule has 1 aromatic rings. The van der Waals surface area contributed by atoms with Crippen molar-refractivity contribution in [2.75, 3.05) is 23.8 Å². The van der Waals surface area contributed by atoms with Crippen LogP contribution in [-0.4, -0.2) is 46.5 Å². The van der Waals surface area contributed by atoms with Crippen LogP contribution in [0.1, 0.15) is 33.6 Å². The summed E-state index contributed by atoms with van der Waals surface area (Å²) < 4.78 is 0. The van der Waals surface area contributed by atoms with Crippen molar-refractivity contribution in [3.8, 4) is 0 Å². The first-order valence-corrected chi connectivity index (χ1v) is 8.30. The number of allylic oxidation sites excluding steroid dienone is 1. The Bertz CT molecular complexity index is 680. The second kappa shape index (κ2) is 7.50. The highest BCUT2D eigenvalue weighted by atomic mass is 16.3. The Morgan fingerprint density at radius 2 is 2.20 bits per heavy atom. The number of aliphatic hydroxyl groups is 1. The van der Waals surface area contributed by atoms with E-state index in [1.165, 1.54) is 6.08 Å². The predicted octanol–water partition coefficient (Wildman–Crippen LogP) is 2.07. The molecule has 25 heavy (non-hydrogen) atoms. The molecular formula is C17H26N6O2. The van der Waals surface area contributed by atoms with Gasteiger partial charge in [0.2, 0.25) is 11.9 Å². The number of amidine groups is 1. The second-order valence-electron chi connectivity index (χ2n) is 7.02. The highest BCUT2D eigenvalue weighted by Crippen LogP contribution is 2.25. The van der Waals surface area contributed by atoms with Crippen LogP contribution in [0, 0.1) is 10.8 Å². The summed E-state index contributed by atoms with van der Waals surface area (Å²) in [6, 6.07) is 1.37. The average molecular weight is 346 g/mol. The van der Waals surface area contributed by atoms with Gasteiger partial charge in [0.1, 0.15) is 23.5 Å². The molecule has 1 fully saturated rings. The Morgan fingerprint density at radius 1 is 1.48 bits per heavy atom. The van der Waals surface area contributed by atoms with Crippen molar-refractivity contribution in [2.45, 2.75) is 39.7 Å². The monoisotopic (exact) mass is 346 g/mol. The number of hydrogen-bond acceptors (Lipinski definition) is 7. The van der Waals surface area contributed by atoms with Crippen molar-refractivity contribution >= 4 is 23.5 Å². The smallest absolute Gasteiger partial charge is 0.248 e. The molecule has 1 aliphatic rings. The third-order valence-corrected chi connectivity index (χ3v) is 4.02. The summed E-state index contributed by atoms with van der Waals surface area (Å²) in [5.74, 6) is 0.828. The van der Waals surface area contributed by atoms with E-state index in [0.717, 1.165) is 6.42 Å². The van der Waals surface area contributed by atoms with Gasteiger partial charge in [-0.15, -0.1) is 0 Å². The number of nitrogens with one attached hydrogen (secondary N) is 3. The molecule has 136 valence electrons. The lowest BCUT2D eigenvalue weighted by Gasteiger charge is -2.25. The molecule has 1 atom stereocenters. The third kappa shape index (κ3) is 4.68. The first-order chi connectivity index (χ1) is 11.7. The quantitative estimate of drug-likeness (QED) is 0.377. The molecule has 2 heterocycles. The molecule has 0 aliphatic carbocycles. The van der Waals surface area contributed by atoms with E-state index in [-0.39, 0.29) is 17.5 Å². The van der Waals surface area contributed by atoms with Gasteiger partial charge in [0.05, 0.1) is 0 Å². The van der Waals surface area contributed by atoms with E-state index < -0.39 is 11.5 Å². The van der Waals surface area contributed by atoms with Crippen molar-refractivity contribution in [2.24, 2.45) is 5.41 Å². The van der Waals surface area contributed by atoms with E-state index in [0.29, 0.717) is 24.7 Å². The van der Waals surface area contributed by atoms with Crippen LogP contribution in [0.25, 0.3) is 0 Å². The van der Waals surface area contributed by atoms with Gasteiger partial charge in [-0.2, -0.15) is 4.98 Å². The number of carbonyl (C=O) groups is 1. The summed E-state index contributed by atoms with van der Waals surface area (Å²) in [6.07, 6.45) is 4.48. The molecule has 0 bridgehead atoms. The van der Waals surface area contributed by atoms with Gasteiger partial charge >= 0.3 is 0 Å². The van der Waals surface area contributed by atoms with Crippen molar-refractivity contribution < 1.29 is 9.90 Å². The molecule has 8 nitrogen and oxygen atoms in total. The lowest BCUT2D eigenvalue weighted by molar-refractivity contribution is -0.120. The fourth-order valence-corrected chi connectivity index (χ4v) is 2.55. The molecule has 0 aromatic carbocycles. The van der Waals surface area contributed by atoms with Crippen molar-refractivity contribution in [3.63, 3.8) is 0 Å². The largest absolute Gasteiger partial charge is 0.512 e. The van der Waals surface area contributed by atoms with Crippen LogP contribution < -0.4 is 15.5 Å². The van der Waals surface area contributed by atoms with Crippen molar-refractivity contribution in [3.05, 3.63) is 24.1 Å². The molecule has 0 saturated carbocycles. The number of aromatic nitrogens is 2. The maximum Gasteiger partial charge on any atom is 0.248 e.